The van der Waals surface area contributed by atoms with Crippen LogP contribution >= 0.6 is 0 Å². The molecule has 1 saturated carbocycles. The predicted molar refractivity (Wildman–Crippen MR) is 141 cm³/mol. The lowest BCUT2D eigenvalue weighted by Gasteiger charge is -2.46. The number of hydrogen-bond acceptors (Lipinski definition) is 9. The number of aliphatic hydroxyl groups excluding tert-OH is 2. The minimum Gasteiger partial charge on any atom is -0.508 e. The molecular formula is C28H37N3O7. The fourth-order valence-corrected chi connectivity index (χ4v) is 5.94. The van der Waals surface area contributed by atoms with Gasteiger partial charge in [0.15, 0.2) is 11.4 Å². The Morgan fingerprint density at radius 2 is 1.84 bits per heavy atom. The minimum atomic E-state index is -2.57. The van der Waals surface area contributed by atoms with Crippen molar-refractivity contribution in [2.45, 2.75) is 58.6 Å². The number of phenolic OH excluding ortho intramolecular Hbond substituents is 1. The Kier molecular flexibility index (Phi) is 6.86. The van der Waals surface area contributed by atoms with Crippen LogP contribution in [0.4, 0.5) is 5.69 Å². The third-order valence-electron chi connectivity index (χ3n) is 7.97. The zero-order valence-electron chi connectivity index (χ0n) is 22.5. The van der Waals surface area contributed by atoms with E-state index in [1.807, 2.05) is 25.1 Å². The molecule has 3 atom stereocenters. The maximum absolute atomic E-state index is 13.7. The zero-order valence-corrected chi connectivity index (χ0v) is 22.5. The molecule has 1 amide bonds. The van der Waals surface area contributed by atoms with E-state index in [2.05, 4.69) is 26.1 Å². The number of primary amides is 1. The third kappa shape index (κ3) is 4.35. The summed E-state index contributed by atoms with van der Waals surface area (Å²) in [7, 11) is 3.69. The van der Waals surface area contributed by atoms with Gasteiger partial charge in [0.2, 0.25) is 5.78 Å². The third-order valence-corrected chi connectivity index (χ3v) is 7.97. The number of ketones is 2. The van der Waals surface area contributed by atoms with Crippen molar-refractivity contribution in [3.05, 3.63) is 39.7 Å². The molecule has 3 aliphatic rings. The second-order valence-electron chi connectivity index (χ2n) is 12.0. The summed E-state index contributed by atoms with van der Waals surface area (Å²) >= 11 is 0. The number of Topliss-reactive ketones (excluding diaryl/α,β-unsaturated/α-hetero) is 2. The van der Waals surface area contributed by atoms with Crippen molar-refractivity contribution in [2.24, 2.45) is 23.0 Å². The lowest BCUT2D eigenvalue weighted by Crippen LogP contribution is -2.58. The number of aromatic hydroxyl groups is 1. The Bertz CT molecular complexity index is 1290. The van der Waals surface area contributed by atoms with E-state index in [0.717, 1.165) is 12.1 Å². The van der Waals surface area contributed by atoms with Crippen LogP contribution in [-0.4, -0.2) is 64.1 Å². The second-order valence-corrected chi connectivity index (χ2v) is 12.0. The Labute approximate surface area is 221 Å². The van der Waals surface area contributed by atoms with Crippen molar-refractivity contribution < 1.29 is 34.8 Å². The van der Waals surface area contributed by atoms with Crippen molar-refractivity contribution in [1.29, 1.82) is 0 Å². The average Bonchev–Trinajstić information content (AvgIpc) is 2.79. The lowest BCUT2D eigenvalue weighted by molar-refractivity contribution is -0.147. The topological polar surface area (TPSA) is 173 Å². The number of nitrogens with one attached hydrogen (secondary N) is 1. The highest BCUT2D eigenvalue weighted by Crippen LogP contribution is 2.53. The molecule has 0 aliphatic heterocycles. The van der Waals surface area contributed by atoms with Crippen LogP contribution in [-0.2, 0) is 27.3 Å². The summed E-state index contributed by atoms with van der Waals surface area (Å²) in [6.07, 6.45) is 0.948. The molecule has 0 unspecified atom stereocenters. The monoisotopic (exact) mass is 527 g/mol. The highest BCUT2D eigenvalue weighted by atomic mass is 16.3. The van der Waals surface area contributed by atoms with Crippen LogP contribution in [0.5, 0.6) is 5.75 Å². The molecule has 1 fully saturated rings. The number of carbonyl (C=O) groups is 3. The molecule has 0 spiro atoms. The fourth-order valence-electron chi connectivity index (χ4n) is 5.94. The van der Waals surface area contributed by atoms with Gasteiger partial charge in [0, 0.05) is 49.8 Å². The van der Waals surface area contributed by atoms with Crippen LogP contribution in [0.1, 0.15) is 56.7 Å². The predicted octanol–water partition coefficient (Wildman–Crippen LogP) is 2.02. The SMILES string of the molecule is CN(C)c1cc(CNCCC(C)(C)C)c(O)c2c1C[C@H]1C[C@H]3CC(=O)C(C(N)=O)=C(O)[C@@]3(O)C(=O)C1=C2O. The van der Waals surface area contributed by atoms with Crippen LogP contribution < -0.4 is 16.0 Å². The van der Waals surface area contributed by atoms with E-state index in [4.69, 9.17) is 5.73 Å². The van der Waals surface area contributed by atoms with Crippen LogP contribution in [0.3, 0.4) is 0 Å². The maximum Gasteiger partial charge on any atom is 0.255 e. The minimum absolute atomic E-state index is 0.104. The number of benzene rings is 1. The van der Waals surface area contributed by atoms with Gasteiger partial charge in [-0.2, -0.15) is 0 Å². The number of amides is 1. The van der Waals surface area contributed by atoms with Crippen LogP contribution in [0.25, 0.3) is 5.76 Å². The summed E-state index contributed by atoms with van der Waals surface area (Å²) < 4.78 is 0. The number of nitrogens with zero attached hydrogens (tertiary/aromatic N) is 1. The molecular weight excluding hydrogens is 490 g/mol. The number of rotatable bonds is 6. The van der Waals surface area contributed by atoms with Gasteiger partial charge in [-0.3, -0.25) is 14.4 Å². The van der Waals surface area contributed by atoms with Crippen LogP contribution in [0.2, 0.25) is 0 Å². The highest BCUT2D eigenvalue weighted by molar-refractivity contribution is 6.22. The molecule has 206 valence electrons. The van der Waals surface area contributed by atoms with Gasteiger partial charge in [-0.1, -0.05) is 20.8 Å². The Morgan fingerprint density at radius 3 is 2.42 bits per heavy atom. The Balaban J connectivity index is 1.82. The van der Waals surface area contributed by atoms with Crippen LogP contribution in [0, 0.1) is 17.3 Å². The van der Waals surface area contributed by atoms with E-state index in [-0.39, 0.29) is 41.6 Å². The number of fused-ring (bicyclic) bond motifs is 3. The molecule has 7 N–H and O–H groups in total. The average molecular weight is 528 g/mol. The van der Waals surface area contributed by atoms with Gasteiger partial charge in [-0.05, 0) is 48.8 Å². The molecule has 1 aromatic rings. The molecule has 0 heterocycles. The van der Waals surface area contributed by atoms with E-state index in [9.17, 15) is 34.8 Å². The number of anilines is 1. The van der Waals surface area contributed by atoms with E-state index < -0.39 is 52.0 Å². The van der Waals surface area contributed by atoms with E-state index in [0.29, 0.717) is 24.2 Å². The Morgan fingerprint density at radius 1 is 1.18 bits per heavy atom. The first-order chi connectivity index (χ1) is 17.6. The van der Waals surface area contributed by atoms with Crippen molar-refractivity contribution in [3.63, 3.8) is 0 Å². The zero-order chi connectivity index (χ0) is 28.3. The van der Waals surface area contributed by atoms with Gasteiger partial charge in [-0.25, -0.2) is 0 Å². The second kappa shape index (κ2) is 9.43. The first-order valence-electron chi connectivity index (χ1n) is 12.8. The molecule has 38 heavy (non-hydrogen) atoms. The van der Waals surface area contributed by atoms with E-state index in [1.54, 1.807) is 0 Å². The molecule has 4 rings (SSSR count). The van der Waals surface area contributed by atoms with Gasteiger partial charge in [-0.15, -0.1) is 0 Å². The summed E-state index contributed by atoms with van der Waals surface area (Å²) in [4.78, 5) is 39.9. The first kappa shape index (κ1) is 27.7. The molecule has 0 aromatic heterocycles. The number of phenols is 1. The molecule has 10 heteroatoms. The summed E-state index contributed by atoms with van der Waals surface area (Å²) in [5.41, 5.74) is 3.93. The molecule has 0 saturated heterocycles. The summed E-state index contributed by atoms with van der Waals surface area (Å²) in [6.45, 7) is 7.45. The van der Waals surface area contributed by atoms with Gasteiger partial charge in [0.25, 0.3) is 5.91 Å². The normalized spacial score (nSPS) is 25.2. The fraction of sp³-hybridized carbons (Fsp3) is 0.536. The van der Waals surface area contributed by atoms with Crippen molar-refractivity contribution in [2.75, 3.05) is 25.5 Å². The van der Waals surface area contributed by atoms with Gasteiger partial charge < -0.3 is 36.4 Å². The van der Waals surface area contributed by atoms with Gasteiger partial charge in [0.1, 0.15) is 22.8 Å². The molecule has 0 bridgehead atoms. The van der Waals surface area contributed by atoms with E-state index >= 15 is 0 Å². The molecule has 1 aromatic carbocycles. The van der Waals surface area contributed by atoms with Crippen molar-refractivity contribution in [1.82, 2.24) is 5.32 Å². The largest absolute Gasteiger partial charge is 0.508 e. The van der Waals surface area contributed by atoms with Gasteiger partial charge in [0.05, 0.1) is 5.56 Å². The number of nitrogens with two attached hydrogens (primary N) is 1. The maximum atomic E-state index is 13.7. The number of aliphatic hydroxyl groups is 3. The first-order valence-corrected chi connectivity index (χ1v) is 12.8. The molecule has 10 nitrogen and oxygen atoms in total. The molecule has 3 aliphatic carbocycles. The van der Waals surface area contributed by atoms with Crippen molar-refractivity contribution >= 4 is 28.9 Å². The van der Waals surface area contributed by atoms with Crippen LogP contribution in [0.15, 0.2) is 23.0 Å². The summed E-state index contributed by atoms with van der Waals surface area (Å²) in [5.74, 6) is -6.24. The highest BCUT2D eigenvalue weighted by Gasteiger charge is 2.60. The number of hydrogen-bond donors (Lipinski definition) is 6. The standard InChI is InChI=1S/C28H37N3O7/c1-27(2,3)6-7-30-12-14-10-17(31(4)5)16-9-13-8-15-11-18(32)21(26(29)37)25(36)28(15,38)24(35)19(13)23(34)20(16)22(14)33/h10,13,15,30,33-34,36,38H,6-9,11-12H2,1-5H3,(H2,29,37)/t13-,15+,28+/m1/s1. The lowest BCUT2D eigenvalue weighted by atomic mass is 9.59. The quantitative estimate of drug-likeness (QED) is 0.239. The number of carbonyl (C=O) groups excluding carboxylic acids is 3. The van der Waals surface area contributed by atoms with E-state index in [1.165, 1.54) is 0 Å². The van der Waals surface area contributed by atoms with Crippen molar-refractivity contribution in [3.8, 4) is 5.75 Å². The smallest absolute Gasteiger partial charge is 0.255 e. The summed E-state index contributed by atoms with van der Waals surface area (Å²) in [6, 6.07) is 1.86. The molecule has 0 radical (unpaired) electrons. The summed E-state index contributed by atoms with van der Waals surface area (Å²) in [5, 5.41) is 48.1. The Hall–Kier alpha value is -3.37. The van der Waals surface area contributed by atoms with Gasteiger partial charge >= 0.3 is 0 Å².